The van der Waals surface area contributed by atoms with Crippen LogP contribution in [0.3, 0.4) is 0 Å². The fourth-order valence-electron chi connectivity index (χ4n) is 3.61. The Bertz CT molecular complexity index is 1100. The third-order valence-corrected chi connectivity index (χ3v) is 7.44. The highest BCUT2D eigenvalue weighted by Gasteiger charge is 2.31. The van der Waals surface area contributed by atoms with Crippen molar-refractivity contribution in [2.24, 2.45) is 0 Å². The van der Waals surface area contributed by atoms with Crippen LogP contribution in [0.25, 0.3) is 0 Å². The number of rotatable bonds is 10. The lowest BCUT2D eigenvalue weighted by Gasteiger charge is -2.32. The van der Waals surface area contributed by atoms with Gasteiger partial charge in [-0.15, -0.1) is 0 Å². The third-order valence-electron chi connectivity index (χ3n) is 5.80. The number of nitrogens with zero attached hydrogens (tertiary/aromatic N) is 2. The standard InChI is InChI=1S/C25H34BrN3O4S/c1-7-19(4)27-25(31)20(5)28(15-21-11-13-22(26)14-12-21)23(30)16-29(34(6,32)33)24-17(2)9-8-10-18(24)3/h8-14,19-20H,7,15-16H2,1-6H3,(H,27,31)/t19-,20+/m0/s1. The summed E-state index contributed by atoms with van der Waals surface area (Å²) in [4.78, 5) is 28.0. The van der Waals surface area contributed by atoms with Crippen LogP contribution in [0.15, 0.2) is 46.9 Å². The highest BCUT2D eigenvalue weighted by molar-refractivity contribution is 9.10. The number of halogens is 1. The van der Waals surface area contributed by atoms with Crippen LogP contribution in [-0.2, 0) is 26.2 Å². The van der Waals surface area contributed by atoms with Crippen molar-refractivity contribution in [1.82, 2.24) is 10.2 Å². The predicted molar refractivity (Wildman–Crippen MR) is 140 cm³/mol. The second-order valence-electron chi connectivity index (χ2n) is 8.65. The van der Waals surface area contributed by atoms with Gasteiger partial charge in [-0.05, 0) is 62.9 Å². The van der Waals surface area contributed by atoms with Gasteiger partial charge in [0.05, 0.1) is 11.9 Å². The molecule has 0 aliphatic rings. The average molecular weight is 553 g/mol. The Morgan fingerprint density at radius 3 is 2.09 bits per heavy atom. The summed E-state index contributed by atoms with van der Waals surface area (Å²) in [6.07, 6.45) is 1.85. The van der Waals surface area contributed by atoms with E-state index in [2.05, 4.69) is 21.2 Å². The molecule has 2 rings (SSSR count). The van der Waals surface area contributed by atoms with Gasteiger partial charge in [-0.3, -0.25) is 13.9 Å². The molecule has 0 heterocycles. The Morgan fingerprint density at radius 1 is 1.03 bits per heavy atom. The number of anilines is 1. The van der Waals surface area contributed by atoms with Gasteiger partial charge in [-0.1, -0.05) is 53.2 Å². The fraction of sp³-hybridized carbons (Fsp3) is 0.440. The zero-order valence-electron chi connectivity index (χ0n) is 20.6. The first kappa shape index (κ1) is 27.9. The van der Waals surface area contributed by atoms with Crippen molar-refractivity contribution in [2.75, 3.05) is 17.1 Å². The van der Waals surface area contributed by atoms with E-state index in [0.717, 1.165) is 38.1 Å². The molecule has 0 fully saturated rings. The van der Waals surface area contributed by atoms with E-state index in [1.165, 1.54) is 4.90 Å². The van der Waals surface area contributed by atoms with E-state index in [-0.39, 0.29) is 18.5 Å². The van der Waals surface area contributed by atoms with Gasteiger partial charge in [0.1, 0.15) is 12.6 Å². The Kier molecular flexibility index (Phi) is 9.70. The number of para-hydroxylation sites is 1. The SMILES string of the molecule is CC[C@H](C)NC(=O)[C@@H](C)N(Cc1ccc(Br)cc1)C(=O)CN(c1c(C)cccc1C)S(C)(=O)=O. The van der Waals surface area contributed by atoms with Gasteiger partial charge in [0.25, 0.3) is 0 Å². The van der Waals surface area contributed by atoms with Crippen molar-refractivity contribution in [3.8, 4) is 0 Å². The van der Waals surface area contributed by atoms with Crippen LogP contribution >= 0.6 is 15.9 Å². The van der Waals surface area contributed by atoms with E-state index < -0.39 is 28.5 Å². The Morgan fingerprint density at radius 2 is 1.59 bits per heavy atom. The minimum atomic E-state index is -3.76. The molecule has 2 aromatic rings. The zero-order valence-corrected chi connectivity index (χ0v) is 23.0. The van der Waals surface area contributed by atoms with Crippen LogP contribution in [0.5, 0.6) is 0 Å². The van der Waals surface area contributed by atoms with Gasteiger partial charge >= 0.3 is 0 Å². The molecule has 0 saturated heterocycles. The summed E-state index contributed by atoms with van der Waals surface area (Å²) in [5.74, 6) is -0.736. The molecule has 0 spiro atoms. The van der Waals surface area contributed by atoms with Gasteiger partial charge in [-0.2, -0.15) is 0 Å². The highest BCUT2D eigenvalue weighted by atomic mass is 79.9. The summed E-state index contributed by atoms with van der Waals surface area (Å²) < 4.78 is 27.5. The second kappa shape index (κ2) is 11.8. The molecule has 34 heavy (non-hydrogen) atoms. The molecule has 0 aliphatic heterocycles. The third kappa shape index (κ3) is 7.30. The van der Waals surface area contributed by atoms with Gasteiger partial charge < -0.3 is 10.2 Å². The molecule has 7 nitrogen and oxygen atoms in total. The Labute approximate surface area is 211 Å². The number of benzene rings is 2. The largest absolute Gasteiger partial charge is 0.352 e. The smallest absolute Gasteiger partial charge is 0.244 e. The lowest BCUT2D eigenvalue weighted by atomic mass is 10.1. The fourth-order valence-corrected chi connectivity index (χ4v) is 4.84. The van der Waals surface area contributed by atoms with Crippen molar-refractivity contribution in [2.45, 2.75) is 59.7 Å². The number of sulfonamides is 1. The summed E-state index contributed by atoms with van der Waals surface area (Å²) in [5.41, 5.74) is 2.82. The average Bonchev–Trinajstić information content (AvgIpc) is 2.76. The van der Waals surface area contributed by atoms with Crippen LogP contribution in [-0.4, -0.2) is 50.0 Å². The van der Waals surface area contributed by atoms with E-state index in [0.29, 0.717) is 5.69 Å². The Balaban J connectivity index is 2.43. The molecule has 0 aromatic heterocycles. The van der Waals surface area contributed by atoms with E-state index in [4.69, 9.17) is 0 Å². The van der Waals surface area contributed by atoms with E-state index in [1.807, 2.05) is 70.2 Å². The molecule has 2 aromatic carbocycles. The quantitative estimate of drug-likeness (QED) is 0.480. The maximum Gasteiger partial charge on any atom is 0.244 e. The Hall–Kier alpha value is -2.39. The zero-order chi connectivity index (χ0) is 25.6. The molecule has 0 aliphatic carbocycles. The summed E-state index contributed by atoms with van der Waals surface area (Å²) in [6.45, 7) is 8.93. The minimum Gasteiger partial charge on any atom is -0.352 e. The van der Waals surface area contributed by atoms with E-state index >= 15 is 0 Å². The number of nitrogens with one attached hydrogen (secondary N) is 1. The van der Waals surface area contributed by atoms with Crippen molar-refractivity contribution < 1.29 is 18.0 Å². The summed E-state index contributed by atoms with van der Waals surface area (Å²) in [6, 6.07) is 12.1. The van der Waals surface area contributed by atoms with Crippen LogP contribution in [0, 0.1) is 13.8 Å². The molecule has 2 atom stereocenters. The first-order chi connectivity index (χ1) is 15.8. The van der Waals surface area contributed by atoms with Gasteiger partial charge in [0, 0.05) is 17.1 Å². The topological polar surface area (TPSA) is 86.8 Å². The lowest BCUT2D eigenvalue weighted by molar-refractivity contribution is -0.139. The molecular formula is C25H34BrN3O4S. The molecular weight excluding hydrogens is 518 g/mol. The summed E-state index contributed by atoms with van der Waals surface area (Å²) in [7, 11) is -3.76. The monoisotopic (exact) mass is 551 g/mol. The molecule has 186 valence electrons. The van der Waals surface area contributed by atoms with Gasteiger partial charge in [0.15, 0.2) is 0 Å². The first-order valence-electron chi connectivity index (χ1n) is 11.2. The number of aryl methyl sites for hydroxylation is 2. The number of hydrogen-bond donors (Lipinski definition) is 1. The second-order valence-corrected chi connectivity index (χ2v) is 11.5. The molecule has 0 radical (unpaired) electrons. The summed E-state index contributed by atoms with van der Waals surface area (Å²) >= 11 is 3.40. The van der Waals surface area contributed by atoms with Crippen LogP contribution < -0.4 is 9.62 Å². The van der Waals surface area contributed by atoms with E-state index in [9.17, 15) is 18.0 Å². The van der Waals surface area contributed by atoms with E-state index in [1.54, 1.807) is 6.92 Å². The van der Waals surface area contributed by atoms with Crippen molar-refractivity contribution in [3.05, 3.63) is 63.6 Å². The molecule has 9 heteroatoms. The van der Waals surface area contributed by atoms with Crippen LogP contribution in [0.4, 0.5) is 5.69 Å². The van der Waals surface area contributed by atoms with Gasteiger partial charge in [-0.25, -0.2) is 8.42 Å². The molecule has 0 bridgehead atoms. The predicted octanol–water partition coefficient (Wildman–Crippen LogP) is 4.16. The first-order valence-corrected chi connectivity index (χ1v) is 13.9. The summed E-state index contributed by atoms with van der Waals surface area (Å²) in [5, 5.41) is 2.92. The number of carbonyl (C=O) groups is 2. The number of amides is 2. The lowest BCUT2D eigenvalue weighted by Crippen LogP contribution is -2.52. The molecule has 0 unspecified atom stereocenters. The van der Waals surface area contributed by atoms with Crippen molar-refractivity contribution >= 4 is 43.5 Å². The number of hydrogen-bond acceptors (Lipinski definition) is 4. The van der Waals surface area contributed by atoms with Crippen molar-refractivity contribution in [3.63, 3.8) is 0 Å². The maximum atomic E-state index is 13.6. The molecule has 2 amide bonds. The van der Waals surface area contributed by atoms with Crippen LogP contribution in [0.1, 0.15) is 43.9 Å². The minimum absolute atomic E-state index is 0.0401. The highest BCUT2D eigenvalue weighted by Crippen LogP contribution is 2.27. The van der Waals surface area contributed by atoms with Crippen LogP contribution in [0.2, 0.25) is 0 Å². The number of carbonyl (C=O) groups excluding carboxylic acids is 2. The van der Waals surface area contributed by atoms with Gasteiger partial charge in [0.2, 0.25) is 21.8 Å². The maximum absolute atomic E-state index is 13.6. The normalized spacial score (nSPS) is 13.1. The molecule has 1 N–H and O–H groups in total. The van der Waals surface area contributed by atoms with Crippen molar-refractivity contribution in [1.29, 1.82) is 0 Å². The molecule has 0 saturated carbocycles.